The predicted octanol–water partition coefficient (Wildman–Crippen LogP) is 5.67. The lowest BCUT2D eigenvalue weighted by molar-refractivity contribution is -0.140. The maximum absolute atomic E-state index is 11.8. The summed E-state index contributed by atoms with van der Waals surface area (Å²) in [4.78, 5) is 39.7. The Hall–Kier alpha value is -2.62. The summed E-state index contributed by atoms with van der Waals surface area (Å²) in [6.07, 6.45) is 6.39. The number of carbonyl (C=O) groups is 3. The fourth-order valence-electron chi connectivity index (χ4n) is 2.24. The molecule has 0 atom stereocenters. The van der Waals surface area contributed by atoms with Crippen molar-refractivity contribution in [2.75, 3.05) is 32.6 Å². The highest BCUT2D eigenvalue weighted by molar-refractivity contribution is 7.54. The van der Waals surface area contributed by atoms with E-state index in [0.717, 1.165) is 0 Å². The van der Waals surface area contributed by atoms with Crippen LogP contribution in [0.15, 0.2) is 42.7 Å². The highest BCUT2D eigenvalue weighted by Gasteiger charge is 2.28. The fraction of sp³-hybridized carbons (Fsp3) is 0.375. The number of aromatic nitrogens is 2. The molecule has 13 heteroatoms. The molecule has 37 heavy (non-hydrogen) atoms. The molecule has 2 rings (SSSR count). The normalized spacial score (nSPS) is 10.4. The van der Waals surface area contributed by atoms with Crippen molar-refractivity contribution in [3.8, 4) is 0 Å². The second kappa shape index (κ2) is 20.4. The van der Waals surface area contributed by atoms with Gasteiger partial charge in [0.15, 0.2) is 6.29 Å². The first kappa shape index (κ1) is 34.4. The van der Waals surface area contributed by atoms with E-state index in [1.807, 2.05) is 0 Å². The second-order valence-corrected chi connectivity index (χ2v) is 9.15. The summed E-state index contributed by atoms with van der Waals surface area (Å²) in [6, 6.07) is 6.79. The Morgan fingerprint density at radius 1 is 0.865 bits per heavy atom. The standard InChI is InChI=1S/C10H10ClNO2.C8H17O5P.C6H4ClNO/c1-2-14-9(13)6-5-8-4-3-7-12-10(8)11;1-4-11-8(9)7-14(10,12-5-2)13-6-3;7-6-5(4-9)2-1-3-8-6/h3-7H,2H2,1H3;4-7H2,1-3H3;1-4H/b6-5+;;. The summed E-state index contributed by atoms with van der Waals surface area (Å²) in [5, 5.41) is 0.626. The summed E-state index contributed by atoms with van der Waals surface area (Å²) in [6.45, 7) is 7.94. The van der Waals surface area contributed by atoms with Crippen LogP contribution in [0.4, 0.5) is 0 Å². The minimum absolute atomic E-state index is 0.247. The van der Waals surface area contributed by atoms with Gasteiger partial charge in [-0.25, -0.2) is 14.8 Å². The molecule has 2 heterocycles. The van der Waals surface area contributed by atoms with E-state index >= 15 is 0 Å². The molecule has 0 spiro atoms. The van der Waals surface area contributed by atoms with Crippen molar-refractivity contribution in [3.05, 3.63) is 64.2 Å². The van der Waals surface area contributed by atoms with Crippen LogP contribution in [0.3, 0.4) is 0 Å². The van der Waals surface area contributed by atoms with E-state index in [-0.39, 0.29) is 37.1 Å². The third-order valence-corrected chi connectivity index (χ3v) is 6.25. The van der Waals surface area contributed by atoms with Gasteiger partial charge < -0.3 is 18.5 Å². The molecule has 0 aliphatic rings. The van der Waals surface area contributed by atoms with E-state index in [0.29, 0.717) is 29.2 Å². The van der Waals surface area contributed by atoms with Crippen molar-refractivity contribution in [1.29, 1.82) is 0 Å². The number of nitrogens with zero attached hydrogens (tertiary/aromatic N) is 2. The first-order valence-corrected chi connectivity index (χ1v) is 13.7. The molecule has 0 bridgehead atoms. The van der Waals surface area contributed by atoms with E-state index in [1.165, 1.54) is 12.3 Å². The van der Waals surface area contributed by atoms with Crippen molar-refractivity contribution in [3.63, 3.8) is 0 Å². The Balaban J connectivity index is 0.000000538. The zero-order valence-electron chi connectivity index (χ0n) is 21.1. The molecule has 0 aliphatic carbocycles. The van der Waals surface area contributed by atoms with Gasteiger partial charge in [-0.05, 0) is 52.0 Å². The molecule has 0 saturated carbocycles. The summed E-state index contributed by atoms with van der Waals surface area (Å²) in [7, 11) is -3.28. The quantitative estimate of drug-likeness (QED) is 0.108. The maximum Gasteiger partial charge on any atom is 0.341 e. The molecule has 204 valence electrons. The van der Waals surface area contributed by atoms with Crippen molar-refractivity contribution in [2.45, 2.75) is 27.7 Å². The molecule has 10 nitrogen and oxygen atoms in total. The van der Waals surface area contributed by atoms with Crippen molar-refractivity contribution in [1.82, 2.24) is 9.97 Å². The molecule has 2 aromatic rings. The van der Waals surface area contributed by atoms with Gasteiger partial charge in [-0.2, -0.15) is 0 Å². The van der Waals surface area contributed by atoms with Gasteiger partial charge in [0, 0.05) is 24.0 Å². The van der Waals surface area contributed by atoms with Crippen LogP contribution in [0, 0.1) is 0 Å². The van der Waals surface area contributed by atoms with Gasteiger partial charge in [-0.3, -0.25) is 14.2 Å². The molecule has 0 radical (unpaired) electrons. The minimum Gasteiger partial charge on any atom is -0.466 e. The van der Waals surface area contributed by atoms with E-state index in [1.54, 1.807) is 64.2 Å². The van der Waals surface area contributed by atoms with Crippen molar-refractivity contribution >= 4 is 55.1 Å². The number of ether oxygens (including phenoxy) is 2. The fourth-order valence-corrected chi connectivity index (χ4v) is 4.04. The number of carbonyl (C=O) groups excluding carboxylic acids is 3. The topological polar surface area (TPSA) is 131 Å². The zero-order chi connectivity index (χ0) is 28.1. The van der Waals surface area contributed by atoms with Crippen LogP contribution in [0.5, 0.6) is 0 Å². The van der Waals surface area contributed by atoms with Gasteiger partial charge in [-0.15, -0.1) is 0 Å². The van der Waals surface area contributed by atoms with Crippen LogP contribution in [0.2, 0.25) is 10.3 Å². The Bertz CT molecular complexity index is 1040. The van der Waals surface area contributed by atoms with Crippen LogP contribution in [0.25, 0.3) is 6.08 Å². The molecule has 0 aromatic carbocycles. The SMILES string of the molecule is CCOC(=O)/C=C/c1cccnc1Cl.CCOC(=O)CP(=O)(OCC)OCC.O=Cc1cccnc1Cl. The number of esters is 2. The molecular formula is C24H31Cl2N2O8P. The maximum atomic E-state index is 11.8. The van der Waals surface area contributed by atoms with Crippen LogP contribution < -0.4 is 0 Å². The Morgan fingerprint density at radius 3 is 1.78 bits per heavy atom. The Labute approximate surface area is 226 Å². The van der Waals surface area contributed by atoms with Crippen LogP contribution in [-0.2, 0) is 32.7 Å². The lowest BCUT2D eigenvalue weighted by Gasteiger charge is -2.15. The second-order valence-electron chi connectivity index (χ2n) is 6.38. The predicted molar refractivity (Wildman–Crippen MR) is 142 cm³/mol. The van der Waals surface area contributed by atoms with Gasteiger partial charge >= 0.3 is 19.5 Å². The van der Waals surface area contributed by atoms with Gasteiger partial charge in [0.25, 0.3) is 0 Å². The molecule has 2 aromatic heterocycles. The summed E-state index contributed by atoms with van der Waals surface area (Å²) in [5.74, 6) is -0.940. The van der Waals surface area contributed by atoms with Gasteiger partial charge in [0.05, 0.1) is 32.0 Å². The van der Waals surface area contributed by atoms with E-state index in [9.17, 15) is 18.9 Å². The van der Waals surface area contributed by atoms with E-state index < -0.39 is 13.6 Å². The number of pyridine rings is 2. The van der Waals surface area contributed by atoms with Crippen molar-refractivity contribution in [2.24, 2.45) is 0 Å². The van der Waals surface area contributed by atoms with Crippen LogP contribution in [-0.4, -0.2) is 60.8 Å². The third kappa shape index (κ3) is 16.0. The Morgan fingerprint density at radius 2 is 1.38 bits per heavy atom. The minimum atomic E-state index is -3.28. The van der Waals surface area contributed by atoms with E-state index in [4.69, 9.17) is 37.0 Å². The first-order valence-electron chi connectivity index (χ1n) is 11.2. The van der Waals surface area contributed by atoms with Gasteiger partial charge in [0.2, 0.25) is 0 Å². The molecule has 0 aliphatic heterocycles. The molecule has 0 fully saturated rings. The highest BCUT2D eigenvalue weighted by Crippen LogP contribution is 2.47. The van der Waals surface area contributed by atoms with Crippen LogP contribution >= 0.6 is 30.8 Å². The van der Waals surface area contributed by atoms with Crippen molar-refractivity contribution < 1.29 is 37.5 Å². The average Bonchev–Trinajstić information content (AvgIpc) is 2.85. The highest BCUT2D eigenvalue weighted by atomic mass is 35.5. The lowest BCUT2D eigenvalue weighted by Crippen LogP contribution is -2.12. The van der Waals surface area contributed by atoms with Gasteiger partial charge in [-0.1, -0.05) is 29.3 Å². The van der Waals surface area contributed by atoms with Crippen LogP contribution in [0.1, 0.15) is 43.6 Å². The number of halogens is 2. The monoisotopic (exact) mass is 576 g/mol. The zero-order valence-corrected chi connectivity index (χ0v) is 23.5. The summed E-state index contributed by atoms with van der Waals surface area (Å²) < 4.78 is 31.0. The molecule has 0 unspecified atom stereocenters. The molecule has 0 N–H and O–H groups in total. The van der Waals surface area contributed by atoms with E-state index in [2.05, 4.69) is 14.7 Å². The smallest absolute Gasteiger partial charge is 0.341 e. The number of rotatable bonds is 11. The Kier molecular flexibility index (Phi) is 19.0. The molecule has 0 saturated heterocycles. The largest absolute Gasteiger partial charge is 0.466 e. The van der Waals surface area contributed by atoms with Gasteiger partial charge in [0.1, 0.15) is 16.5 Å². The number of hydrogen-bond acceptors (Lipinski definition) is 10. The lowest BCUT2D eigenvalue weighted by atomic mass is 10.2. The molecule has 0 amide bonds. The molecular weight excluding hydrogens is 546 g/mol. The first-order chi connectivity index (χ1) is 17.7. The third-order valence-electron chi connectivity index (χ3n) is 3.67. The summed E-state index contributed by atoms with van der Waals surface area (Å²) in [5.41, 5.74) is 1.13. The number of aldehydes is 1. The summed E-state index contributed by atoms with van der Waals surface area (Å²) >= 11 is 11.3. The average molecular weight is 577 g/mol. The number of hydrogen-bond donors (Lipinski definition) is 0.